The van der Waals surface area contributed by atoms with Gasteiger partial charge < -0.3 is 50.6 Å². The van der Waals surface area contributed by atoms with Crippen molar-refractivity contribution in [3.63, 3.8) is 0 Å². The molecule has 2 saturated heterocycles. The zero-order chi connectivity index (χ0) is 51.5. The Kier molecular flexibility index (Phi) is 13.0. The summed E-state index contributed by atoms with van der Waals surface area (Å²) >= 11 is 0. The second kappa shape index (κ2) is 20.0. The molecule has 20 nitrogen and oxygen atoms in total. The van der Waals surface area contributed by atoms with E-state index in [4.69, 9.17) is 24.4 Å². The Morgan fingerprint density at radius 2 is 1.05 bits per heavy atom. The Hall–Kier alpha value is -7.42. The highest BCUT2D eigenvalue weighted by Crippen LogP contribution is 2.41. The number of anilines is 5. The Bertz CT molecular complexity index is 3460. The highest BCUT2D eigenvalue weighted by atomic mass is 16.5. The smallest absolute Gasteiger partial charge is 0.260 e. The fourth-order valence-electron chi connectivity index (χ4n) is 11.3. The number of hydrogen-bond acceptors (Lipinski definition) is 14. The molecule has 392 valence electrons. The Morgan fingerprint density at radius 3 is 1.59 bits per heavy atom. The van der Waals surface area contributed by atoms with E-state index in [2.05, 4.69) is 58.7 Å². The van der Waals surface area contributed by atoms with Gasteiger partial charge in [0.15, 0.2) is 0 Å². The van der Waals surface area contributed by atoms with E-state index >= 15 is 9.59 Å². The third kappa shape index (κ3) is 9.89. The van der Waals surface area contributed by atoms with Crippen LogP contribution < -0.4 is 45.9 Å². The van der Waals surface area contributed by atoms with Gasteiger partial charge in [-0.1, -0.05) is 0 Å². The van der Waals surface area contributed by atoms with Gasteiger partial charge in [0.2, 0.25) is 0 Å². The number of amides is 2. The molecule has 20 heteroatoms. The Balaban J connectivity index is 0.986. The van der Waals surface area contributed by atoms with Gasteiger partial charge >= 0.3 is 0 Å². The van der Waals surface area contributed by atoms with Crippen LogP contribution in [0.3, 0.4) is 0 Å². The molecule has 0 atom stereocenters. The van der Waals surface area contributed by atoms with E-state index in [0.29, 0.717) is 88.0 Å². The third-order valence-electron chi connectivity index (χ3n) is 15.4. The maximum atomic E-state index is 15.3. The number of carbonyl (C=O) groups is 2. The molecule has 4 fully saturated rings. The van der Waals surface area contributed by atoms with Crippen molar-refractivity contribution in [3.8, 4) is 11.5 Å². The van der Waals surface area contributed by atoms with Crippen LogP contribution >= 0.6 is 0 Å². The van der Waals surface area contributed by atoms with Gasteiger partial charge in [0.05, 0.1) is 66.6 Å². The second-order valence-electron chi connectivity index (χ2n) is 21.0. The van der Waals surface area contributed by atoms with E-state index in [1.54, 1.807) is 35.4 Å². The largest absolute Gasteiger partial charge is 0.494 e. The number of piperidine rings is 2. The lowest BCUT2D eigenvalue weighted by Gasteiger charge is -2.35. The number of nitrogens with zero attached hydrogens (tertiary/aromatic N) is 10. The first-order valence-corrected chi connectivity index (χ1v) is 26.4. The van der Waals surface area contributed by atoms with Crippen molar-refractivity contribution < 1.29 is 23.8 Å². The summed E-state index contributed by atoms with van der Waals surface area (Å²) in [6.07, 6.45) is 16.9. The predicted octanol–water partition coefficient (Wildman–Crippen LogP) is 6.77. The molecule has 0 radical (unpaired) electrons. The van der Waals surface area contributed by atoms with E-state index in [-0.39, 0.29) is 18.4 Å². The lowest BCUT2D eigenvalue weighted by Crippen LogP contribution is -2.43. The molecule has 4 aromatic carbocycles. The zero-order valence-corrected chi connectivity index (χ0v) is 43.7. The van der Waals surface area contributed by atoms with E-state index in [1.165, 1.54) is 25.7 Å². The second-order valence-corrected chi connectivity index (χ2v) is 21.0. The van der Waals surface area contributed by atoms with Gasteiger partial charge in [0.1, 0.15) is 22.5 Å². The summed E-state index contributed by atoms with van der Waals surface area (Å²) in [4.78, 5) is 35.3. The van der Waals surface area contributed by atoms with Crippen molar-refractivity contribution in [3.05, 3.63) is 77.9 Å². The Labute approximate surface area is 435 Å². The van der Waals surface area contributed by atoms with E-state index in [0.717, 1.165) is 101 Å². The van der Waals surface area contributed by atoms with Crippen molar-refractivity contribution in [2.75, 3.05) is 86.4 Å². The maximum Gasteiger partial charge on any atom is 0.260 e. The van der Waals surface area contributed by atoms with Gasteiger partial charge in [0, 0.05) is 155 Å². The molecule has 5 N–H and O–H groups in total. The first kappa shape index (κ1) is 48.5. The number of carbonyl (C=O) groups excluding carboxylic acids is 2. The molecule has 2 amide bonds. The summed E-state index contributed by atoms with van der Waals surface area (Å²) in [5, 5.41) is 40.7. The minimum absolute atomic E-state index is 0.196. The zero-order valence-electron chi connectivity index (χ0n) is 43.7. The summed E-state index contributed by atoms with van der Waals surface area (Å²) in [7, 11) is 10.5. The van der Waals surface area contributed by atoms with E-state index < -0.39 is 0 Å². The summed E-state index contributed by atoms with van der Waals surface area (Å²) in [6.45, 7) is 4.47. The fraction of sp³-hybridized carbons (Fsp3) is 0.455. The molecule has 6 heterocycles. The number of rotatable bonds is 18. The predicted molar refractivity (Wildman–Crippen MR) is 293 cm³/mol. The van der Waals surface area contributed by atoms with Crippen LogP contribution in [0.5, 0.6) is 11.5 Å². The van der Waals surface area contributed by atoms with Gasteiger partial charge in [-0.25, -0.2) is 0 Å². The lowest BCUT2D eigenvalue weighted by atomic mass is 9.98. The number of nitrogens with one attached hydrogen (secondary N) is 5. The van der Waals surface area contributed by atoms with Crippen LogP contribution in [-0.4, -0.2) is 136 Å². The highest BCUT2D eigenvalue weighted by Gasteiger charge is 2.33. The summed E-state index contributed by atoms with van der Waals surface area (Å²) < 4.78 is 24.3. The number of fused-ring (bicyclic) bond motifs is 4. The quantitative estimate of drug-likeness (QED) is 0.0565. The number of hydrogen-bond donors (Lipinski definition) is 5. The molecule has 75 heavy (non-hydrogen) atoms. The number of benzene rings is 4. The fourth-order valence-corrected chi connectivity index (χ4v) is 11.3. The summed E-state index contributed by atoms with van der Waals surface area (Å²) in [5.41, 5.74) is 7.80. The molecule has 0 spiro atoms. The van der Waals surface area contributed by atoms with Crippen molar-refractivity contribution >= 4 is 83.9 Å². The van der Waals surface area contributed by atoms with Crippen LogP contribution in [0.2, 0.25) is 0 Å². The lowest BCUT2D eigenvalue weighted by molar-refractivity contribution is 0.101. The number of ether oxygens (including phenoxy) is 3. The van der Waals surface area contributed by atoms with Crippen LogP contribution in [0.15, 0.2) is 61.2 Å². The van der Waals surface area contributed by atoms with Gasteiger partial charge in [0.25, 0.3) is 11.8 Å². The number of aryl methyl sites for hydroxylation is 3. The van der Waals surface area contributed by atoms with Gasteiger partial charge in [-0.15, -0.1) is 0 Å². The van der Waals surface area contributed by atoms with Crippen LogP contribution in [0.4, 0.5) is 28.4 Å². The standard InChI is InChI=1S/C55H67N15O5/c1-65-27-32-21-43(48(74-5)25-41(32)61-65)59-54(71)50-34(23-46(39-30-67(3)63-52(39)50)68-16-11-37(12-17-68)57-35-7-8-35)29-70-31-40-47(69-18-13-38(14-19-69)58-36-9-10-36)24-45(56-15-20-73-4)51(53(40)64-70)55(72)60-44-22-33-28-66(2)62-42(33)26-49(44)75-6/h21-28,30-31,35-38,56-58H,7-20,29H2,1-6H3,(H,59,71)(H,60,72). The topological polar surface area (TPSA) is 200 Å². The molecule has 0 bridgehead atoms. The van der Waals surface area contributed by atoms with Crippen LogP contribution in [0, 0.1) is 0 Å². The average molecular weight is 1020 g/mol. The SMILES string of the molecule is COCCNc1cc(N2CCC(NC3CC3)CC2)c2cn(Cc3cc(N4CCC(NC5CC5)CC4)c4cn(C)nc4c3C(=O)Nc3cc4cn(C)nc4cc3OC)nc2c1C(=O)Nc1cc2cn(C)nc2cc1OC. The van der Waals surface area contributed by atoms with Crippen molar-refractivity contribution in [1.29, 1.82) is 0 Å². The van der Waals surface area contributed by atoms with Crippen molar-refractivity contribution in [2.24, 2.45) is 21.1 Å². The number of methoxy groups -OCH3 is 3. The molecule has 12 rings (SSSR count). The van der Waals surface area contributed by atoms with Gasteiger partial charge in [-0.2, -0.15) is 20.4 Å². The van der Waals surface area contributed by atoms with Crippen LogP contribution in [0.1, 0.15) is 77.6 Å². The molecule has 2 aliphatic heterocycles. The Morgan fingerprint density at radius 1 is 0.560 bits per heavy atom. The van der Waals surface area contributed by atoms with Gasteiger partial charge in [-0.3, -0.25) is 28.3 Å². The van der Waals surface area contributed by atoms with Crippen LogP contribution in [0.25, 0.3) is 43.6 Å². The molecule has 8 aromatic rings. The summed E-state index contributed by atoms with van der Waals surface area (Å²) in [6, 6.07) is 13.9. The molecular formula is C55H67N15O5. The van der Waals surface area contributed by atoms with Gasteiger partial charge in [-0.05, 0) is 81.2 Å². The average Bonchev–Trinajstić information content (AvgIpc) is 4.23. The van der Waals surface area contributed by atoms with E-state index in [1.807, 2.05) is 74.9 Å². The highest BCUT2D eigenvalue weighted by molar-refractivity contribution is 6.19. The molecule has 4 aliphatic rings. The monoisotopic (exact) mass is 1020 g/mol. The van der Waals surface area contributed by atoms with Crippen molar-refractivity contribution in [1.82, 2.24) is 49.8 Å². The van der Waals surface area contributed by atoms with E-state index in [9.17, 15) is 0 Å². The van der Waals surface area contributed by atoms with Crippen molar-refractivity contribution in [2.45, 2.75) is 82.1 Å². The molecule has 2 saturated carbocycles. The normalized spacial score (nSPS) is 16.7. The first-order chi connectivity index (χ1) is 36.5. The molecular weight excluding hydrogens is 951 g/mol. The number of aromatic nitrogens is 8. The molecule has 2 aliphatic carbocycles. The molecule has 0 unspecified atom stereocenters. The minimum atomic E-state index is -0.359. The molecule has 4 aromatic heterocycles. The van der Waals surface area contributed by atoms with Crippen LogP contribution in [-0.2, 0) is 32.4 Å². The summed E-state index contributed by atoms with van der Waals surface area (Å²) in [5.74, 6) is 0.280. The first-order valence-electron chi connectivity index (χ1n) is 26.4. The third-order valence-corrected chi connectivity index (χ3v) is 15.4. The minimum Gasteiger partial charge on any atom is -0.494 e. The maximum absolute atomic E-state index is 15.3.